The van der Waals surface area contributed by atoms with Crippen molar-refractivity contribution in [2.24, 2.45) is 0 Å². The zero-order valence-corrected chi connectivity index (χ0v) is 11.3. The lowest BCUT2D eigenvalue weighted by atomic mass is 10.4. The van der Waals surface area contributed by atoms with Crippen LogP contribution < -0.4 is 0 Å². The van der Waals surface area contributed by atoms with Gasteiger partial charge in [0.25, 0.3) is 0 Å². The zero-order chi connectivity index (χ0) is 11.9. The molecule has 0 aromatic heterocycles. The summed E-state index contributed by atoms with van der Waals surface area (Å²) in [5, 5.41) is -1.44. The molecule has 0 fully saturated rings. The molecule has 0 aromatic carbocycles. The van der Waals surface area contributed by atoms with Crippen molar-refractivity contribution >= 4 is 11.8 Å². The van der Waals surface area contributed by atoms with Crippen molar-refractivity contribution < 1.29 is 18.9 Å². The molecule has 0 rings (SSSR count). The molecule has 0 radical (unpaired) electrons. The first-order valence-corrected chi connectivity index (χ1v) is 5.80. The predicted octanol–water partition coefficient (Wildman–Crippen LogP) is 2.43. The van der Waals surface area contributed by atoms with Crippen molar-refractivity contribution in [2.45, 2.75) is 36.9 Å². The van der Waals surface area contributed by atoms with Gasteiger partial charge in [-0.1, -0.05) is 13.8 Å². The summed E-state index contributed by atoms with van der Waals surface area (Å²) in [6.45, 7) is 3.98. The van der Waals surface area contributed by atoms with Gasteiger partial charge < -0.3 is 18.9 Å². The maximum absolute atomic E-state index is 5.38. The third-order valence-electron chi connectivity index (χ3n) is 2.42. The Labute approximate surface area is 96.6 Å². The smallest absolute Gasteiger partial charge is 0.222 e. The van der Waals surface area contributed by atoms with Crippen molar-refractivity contribution in [3.8, 4) is 0 Å². The third-order valence-corrected chi connectivity index (χ3v) is 4.29. The Morgan fingerprint density at radius 1 is 0.733 bits per heavy atom. The van der Waals surface area contributed by atoms with Crippen LogP contribution in [0.15, 0.2) is 0 Å². The van der Waals surface area contributed by atoms with Crippen LogP contribution in [0.4, 0.5) is 0 Å². The minimum Gasteiger partial charge on any atom is -0.344 e. The van der Waals surface area contributed by atoms with Gasteiger partial charge in [-0.05, 0) is 11.8 Å². The van der Waals surface area contributed by atoms with Crippen LogP contribution >= 0.6 is 11.8 Å². The van der Waals surface area contributed by atoms with E-state index in [9.17, 15) is 0 Å². The van der Waals surface area contributed by atoms with Crippen LogP contribution in [0, 0.1) is 0 Å². The van der Waals surface area contributed by atoms with Gasteiger partial charge in [0.2, 0.25) is 10.2 Å². The average molecular weight is 238 g/mol. The van der Waals surface area contributed by atoms with E-state index in [2.05, 4.69) is 0 Å². The van der Waals surface area contributed by atoms with Crippen LogP contribution in [0.2, 0.25) is 0 Å². The molecule has 0 amide bonds. The first kappa shape index (κ1) is 15.2. The van der Waals surface area contributed by atoms with E-state index in [1.54, 1.807) is 28.4 Å². The largest absolute Gasteiger partial charge is 0.344 e. The molecule has 0 heterocycles. The Bertz CT molecular complexity index is 132. The number of rotatable bonds is 8. The number of ether oxygens (including phenoxy) is 4. The Kier molecular flexibility index (Phi) is 6.79. The van der Waals surface area contributed by atoms with Gasteiger partial charge in [-0.3, -0.25) is 0 Å². The molecule has 0 unspecified atom stereocenters. The third kappa shape index (κ3) is 3.60. The molecule has 0 atom stereocenters. The van der Waals surface area contributed by atoms with Gasteiger partial charge in [-0.15, -0.1) is 0 Å². The quantitative estimate of drug-likeness (QED) is 0.607. The van der Waals surface area contributed by atoms with E-state index in [4.69, 9.17) is 18.9 Å². The second kappa shape index (κ2) is 6.70. The molecule has 5 heteroatoms. The summed E-state index contributed by atoms with van der Waals surface area (Å²) in [6, 6.07) is 0. The summed E-state index contributed by atoms with van der Waals surface area (Å²) in [5.41, 5.74) is 0. The Balaban J connectivity index is 4.74. The molecule has 0 N–H and O–H groups in total. The molecule has 0 aliphatic rings. The number of hydrogen-bond donors (Lipinski definition) is 0. The topological polar surface area (TPSA) is 36.9 Å². The highest BCUT2D eigenvalue weighted by Crippen LogP contribution is 2.43. The van der Waals surface area contributed by atoms with E-state index in [0.29, 0.717) is 12.8 Å². The molecular formula is C10H22O4S. The van der Waals surface area contributed by atoms with E-state index in [0.717, 1.165) is 0 Å². The minimum absolute atomic E-state index is 0.707. The summed E-state index contributed by atoms with van der Waals surface area (Å²) in [7, 11) is 6.47. The fourth-order valence-electron chi connectivity index (χ4n) is 1.29. The van der Waals surface area contributed by atoms with Crippen LogP contribution in [0.1, 0.15) is 26.7 Å². The first-order valence-electron chi connectivity index (χ1n) is 4.98. The average Bonchev–Trinajstić information content (AvgIpc) is 2.33. The van der Waals surface area contributed by atoms with Gasteiger partial charge in [0.15, 0.2) is 0 Å². The zero-order valence-electron chi connectivity index (χ0n) is 10.5. The summed E-state index contributed by atoms with van der Waals surface area (Å²) >= 11 is 1.40. The fraction of sp³-hybridized carbons (Fsp3) is 1.00. The molecule has 0 aliphatic heterocycles. The molecule has 0 bridgehead atoms. The van der Waals surface area contributed by atoms with Crippen molar-refractivity contribution in [3.05, 3.63) is 0 Å². The van der Waals surface area contributed by atoms with Crippen LogP contribution in [0.3, 0.4) is 0 Å². The van der Waals surface area contributed by atoms with Gasteiger partial charge >= 0.3 is 0 Å². The lowest BCUT2D eigenvalue weighted by molar-refractivity contribution is -0.164. The Hall–Kier alpha value is 0.190. The van der Waals surface area contributed by atoms with Crippen LogP contribution in [0.5, 0.6) is 0 Å². The van der Waals surface area contributed by atoms with E-state index < -0.39 is 10.2 Å². The van der Waals surface area contributed by atoms with Gasteiger partial charge in [0.1, 0.15) is 0 Å². The van der Waals surface area contributed by atoms with E-state index in [1.165, 1.54) is 11.8 Å². The van der Waals surface area contributed by atoms with Crippen LogP contribution in [-0.2, 0) is 18.9 Å². The fourth-order valence-corrected chi connectivity index (χ4v) is 2.39. The normalized spacial score (nSPS) is 13.2. The summed E-state index contributed by atoms with van der Waals surface area (Å²) in [4.78, 5) is 0. The number of hydrogen-bond acceptors (Lipinski definition) is 5. The van der Waals surface area contributed by atoms with Gasteiger partial charge in [-0.2, -0.15) is 0 Å². The lowest BCUT2D eigenvalue weighted by Crippen LogP contribution is -2.39. The van der Waals surface area contributed by atoms with Crippen LogP contribution in [0.25, 0.3) is 0 Å². The molecule has 0 aromatic rings. The molecule has 0 aliphatic carbocycles. The SMILES string of the molecule is CCC(OC)(OC)SC(CC)(OC)OC. The standard InChI is InChI=1S/C10H22O4S/c1-7-9(11-3,12-4)15-10(8-2,13-5)14-6/h7-8H2,1-6H3. The predicted molar refractivity (Wildman–Crippen MR) is 61.7 cm³/mol. The molecule has 0 spiro atoms. The molecular weight excluding hydrogens is 216 g/mol. The minimum atomic E-state index is -0.720. The first-order chi connectivity index (χ1) is 7.07. The summed E-state index contributed by atoms with van der Waals surface area (Å²) < 4.78 is 21.5. The van der Waals surface area contributed by atoms with Gasteiger partial charge in [0.05, 0.1) is 0 Å². The van der Waals surface area contributed by atoms with Crippen molar-refractivity contribution in [1.82, 2.24) is 0 Å². The molecule has 92 valence electrons. The highest BCUT2D eigenvalue weighted by molar-refractivity contribution is 8.01. The van der Waals surface area contributed by atoms with E-state index in [-0.39, 0.29) is 0 Å². The number of methoxy groups -OCH3 is 4. The van der Waals surface area contributed by atoms with Gasteiger partial charge in [0, 0.05) is 41.3 Å². The molecule has 0 saturated heterocycles. The second-order valence-corrected chi connectivity index (χ2v) is 4.44. The highest BCUT2D eigenvalue weighted by Gasteiger charge is 2.41. The van der Waals surface area contributed by atoms with Crippen molar-refractivity contribution in [2.75, 3.05) is 28.4 Å². The van der Waals surface area contributed by atoms with Crippen molar-refractivity contribution in [1.29, 1.82) is 0 Å². The van der Waals surface area contributed by atoms with Crippen LogP contribution in [-0.4, -0.2) is 38.7 Å². The number of thioether (sulfide) groups is 1. The summed E-state index contributed by atoms with van der Waals surface area (Å²) in [6.07, 6.45) is 1.41. The molecule has 0 saturated carbocycles. The molecule has 15 heavy (non-hydrogen) atoms. The maximum atomic E-state index is 5.38. The van der Waals surface area contributed by atoms with Crippen molar-refractivity contribution in [3.63, 3.8) is 0 Å². The Morgan fingerprint density at radius 2 is 1.00 bits per heavy atom. The van der Waals surface area contributed by atoms with E-state index in [1.807, 2.05) is 13.8 Å². The van der Waals surface area contributed by atoms with E-state index >= 15 is 0 Å². The highest BCUT2D eigenvalue weighted by atomic mass is 32.2. The lowest BCUT2D eigenvalue weighted by Gasteiger charge is -2.38. The Morgan fingerprint density at radius 3 is 1.13 bits per heavy atom. The monoisotopic (exact) mass is 238 g/mol. The second-order valence-electron chi connectivity index (χ2n) is 2.99. The molecule has 4 nitrogen and oxygen atoms in total. The maximum Gasteiger partial charge on any atom is 0.222 e. The summed E-state index contributed by atoms with van der Waals surface area (Å²) in [5.74, 6) is 0. The van der Waals surface area contributed by atoms with Gasteiger partial charge in [-0.25, -0.2) is 0 Å².